The lowest BCUT2D eigenvalue weighted by Gasteiger charge is -2.18. The van der Waals surface area contributed by atoms with Gasteiger partial charge in [0, 0.05) is 23.0 Å². The van der Waals surface area contributed by atoms with Gasteiger partial charge in [-0.3, -0.25) is 4.79 Å². The van der Waals surface area contributed by atoms with E-state index in [0.717, 1.165) is 46.3 Å². The predicted molar refractivity (Wildman–Crippen MR) is 119 cm³/mol. The molecule has 1 aromatic heterocycles. The number of rotatable bonds is 5. The number of amides is 1. The molecule has 1 aliphatic heterocycles. The Hall–Kier alpha value is -3.78. The number of nitrogens with zero attached hydrogens (tertiary/aromatic N) is 2. The molecule has 2 aromatic carbocycles. The van der Waals surface area contributed by atoms with Crippen LogP contribution >= 0.6 is 0 Å². The third kappa shape index (κ3) is 3.12. The van der Waals surface area contributed by atoms with Gasteiger partial charge in [0.05, 0.1) is 26.2 Å². The second-order valence-electron chi connectivity index (χ2n) is 7.98. The van der Waals surface area contributed by atoms with Gasteiger partial charge in [-0.05, 0) is 59.9 Å². The van der Waals surface area contributed by atoms with Crippen LogP contribution in [-0.2, 0) is 12.0 Å². The van der Waals surface area contributed by atoms with Crippen molar-refractivity contribution < 1.29 is 14.3 Å². The Balaban J connectivity index is 1.46. The van der Waals surface area contributed by atoms with Crippen LogP contribution in [0.3, 0.4) is 0 Å². The molecular weight excluding hydrogens is 388 g/mol. The normalized spacial score (nSPS) is 15.9. The Labute approximate surface area is 181 Å². The molecule has 0 atom stereocenters. The number of carbonyl (C=O) groups is 1. The number of benzene rings is 2. The van der Waals surface area contributed by atoms with Crippen molar-refractivity contribution in [2.24, 2.45) is 0 Å². The molecule has 31 heavy (non-hydrogen) atoms. The van der Waals surface area contributed by atoms with Crippen LogP contribution in [0.25, 0.3) is 11.1 Å². The van der Waals surface area contributed by atoms with Gasteiger partial charge in [0.1, 0.15) is 0 Å². The summed E-state index contributed by atoms with van der Waals surface area (Å²) in [4.78, 5) is 19.3. The summed E-state index contributed by atoms with van der Waals surface area (Å²) in [6, 6.07) is 15.8. The number of terminal acetylenes is 1. The van der Waals surface area contributed by atoms with Crippen molar-refractivity contribution in [1.29, 1.82) is 0 Å². The van der Waals surface area contributed by atoms with Crippen molar-refractivity contribution in [2.45, 2.75) is 24.8 Å². The van der Waals surface area contributed by atoms with Crippen molar-refractivity contribution in [2.75, 3.05) is 19.1 Å². The first-order chi connectivity index (χ1) is 15.1. The van der Waals surface area contributed by atoms with Crippen LogP contribution < -0.4 is 14.4 Å². The minimum absolute atomic E-state index is 0.00897. The van der Waals surface area contributed by atoms with Crippen LogP contribution in [0.15, 0.2) is 54.7 Å². The first kappa shape index (κ1) is 19.2. The van der Waals surface area contributed by atoms with E-state index in [9.17, 15) is 4.79 Å². The molecule has 0 unspecified atom stereocenters. The summed E-state index contributed by atoms with van der Waals surface area (Å²) in [6.45, 7) is 0.523. The quantitative estimate of drug-likeness (QED) is 0.578. The molecule has 0 spiro atoms. The van der Waals surface area contributed by atoms with E-state index in [1.54, 1.807) is 20.4 Å². The van der Waals surface area contributed by atoms with Crippen molar-refractivity contribution >= 4 is 11.6 Å². The molecular formula is C26H22N2O3. The molecule has 1 amide bonds. The fourth-order valence-electron chi connectivity index (χ4n) is 4.21. The van der Waals surface area contributed by atoms with Crippen LogP contribution in [0, 0.1) is 12.3 Å². The molecule has 0 saturated heterocycles. The first-order valence-electron chi connectivity index (χ1n) is 10.2. The van der Waals surface area contributed by atoms with Crippen LogP contribution in [0.4, 0.5) is 5.69 Å². The van der Waals surface area contributed by atoms with E-state index in [0.29, 0.717) is 18.2 Å². The molecule has 0 N–H and O–H groups in total. The van der Waals surface area contributed by atoms with Gasteiger partial charge in [-0.1, -0.05) is 24.1 Å². The van der Waals surface area contributed by atoms with Crippen LogP contribution in [0.5, 0.6) is 11.6 Å². The highest BCUT2D eigenvalue weighted by molar-refractivity contribution is 6.10. The largest absolute Gasteiger partial charge is 0.491 e. The molecule has 154 valence electrons. The number of aromatic nitrogens is 1. The number of methoxy groups -OCH3 is 2. The minimum atomic E-state index is -0.154. The lowest BCUT2D eigenvalue weighted by molar-refractivity contribution is 0.0996. The zero-order valence-electron chi connectivity index (χ0n) is 17.5. The molecule has 5 nitrogen and oxygen atoms in total. The second-order valence-corrected chi connectivity index (χ2v) is 7.98. The standard InChI is InChI=1S/C26H22N2O3/c1-4-26(10-11-26)20-6-5-7-21(14-20)28-16-19-12-17(8-9-22(19)25(28)29)18-13-23(30-2)24(31-3)27-15-18/h1,5-9,12-15H,10-11,16H2,2-3H3. The smallest absolute Gasteiger partial charge is 0.258 e. The maximum atomic E-state index is 13.1. The Morgan fingerprint density at radius 1 is 1.06 bits per heavy atom. The fraction of sp³-hybridized carbons (Fsp3) is 0.231. The summed E-state index contributed by atoms with van der Waals surface area (Å²) in [7, 11) is 3.15. The summed E-state index contributed by atoms with van der Waals surface area (Å²) < 4.78 is 10.6. The van der Waals surface area contributed by atoms with E-state index < -0.39 is 0 Å². The number of fused-ring (bicyclic) bond motifs is 1. The molecule has 3 aromatic rings. The summed E-state index contributed by atoms with van der Waals surface area (Å²) in [6.07, 6.45) is 9.51. The van der Waals surface area contributed by atoms with Crippen LogP contribution in [-0.4, -0.2) is 25.1 Å². The molecule has 5 rings (SSSR count). The van der Waals surface area contributed by atoms with Gasteiger partial charge in [0.15, 0.2) is 5.75 Å². The molecule has 5 heteroatoms. The predicted octanol–water partition coefficient (Wildman–Crippen LogP) is 4.59. The zero-order chi connectivity index (χ0) is 21.6. The average Bonchev–Trinajstić information content (AvgIpc) is 3.56. The summed E-state index contributed by atoms with van der Waals surface area (Å²) in [5, 5.41) is 0. The Bertz CT molecular complexity index is 1240. The third-order valence-corrected chi connectivity index (χ3v) is 6.21. The number of ether oxygens (including phenoxy) is 2. The Morgan fingerprint density at radius 3 is 2.61 bits per heavy atom. The number of hydrogen-bond acceptors (Lipinski definition) is 4. The van der Waals surface area contributed by atoms with E-state index >= 15 is 0 Å². The number of pyridine rings is 1. The first-order valence-corrected chi connectivity index (χ1v) is 10.2. The molecule has 1 saturated carbocycles. The summed E-state index contributed by atoms with van der Waals surface area (Å²) in [5.74, 6) is 3.94. The fourth-order valence-corrected chi connectivity index (χ4v) is 4.21. The van der Waals surface area contributed by atoms with Gasteiger partial charge < -0.3 is 14.4 Å². The highest BCUT2D eigenvalue weighted by atomic mass is 16.5. The van der Waals surface area contributed by atoms with E-state index in [1.165, 1.54) is 0 Å². The molecule has 1 aliphatic carbocycles. The van der Waals surface area contributed by atoms with Gasteiger partial charge in [0.2, 0.25) is 0 Å². The zero-order valence-corrected chi connectivity index (χ0v) is 17.5. The van der Waals surface area contributed by atoms with Crippen molar-refractivity contribution in [3.63, 3.8) is 0 Å². The van der Waals surface area contributed by atoms with E-state index in [2.05, 4.69) is 23.0 Å². The highest BCUT2D eigenvalue weighted by Crippen LogP contribution is 2.48. The Kier molecular flexibility index (Phi) is 4.44. The lowest BCUT2D eigenvalue weighted by Crippen LogP contribution is -2.23. The third-order valence-electron chi connectivity index (χ3n) is 6.21. The van der Waals surface area contributed by atoms with Gasteiger partial charge in [-0.15, -0.1) is 6.42 Å². The highest BCUT2D eigenvalue weighted by Gasteiger charge is 2.43. The number of carbonyl (C=O) groups excluding carboxylic acids is 1. The van der Waals surface area contributed by atoms with Gasteiger partial charge in [-0.25, -0.2) is 4.98 Å². The van der Waals surface area contributed by atoms with Crippen LogP contribution in [0.2, 0.25) is 0 Å². The van der Waals surface area contributed by atoms with E-state index in [1.807, 2.05) is 41.3 Å². The summed E-state index contributed by atoms with van der Waals surface area (Å²) >= 11 is 0. The lowest BCUT2D eigenvalue weighted by atomic mass is 9.96. The summed E-state index contributed by atoms with van der Waals surface area (Å²) in [5.41, 5.74) is 5.43. The van der Waals surface area contributed by atoms with Crippen molar-refractivity contribution in [3.05, 3.63) is 71.4 Å². The average molecular weight is 410 g/mol. The maximum absolute atomic E-state index is 13.1. The number of anilines is 1. The molecule has 2 heterocycles. The van der Waals surface area contributed by atoms with Crippen LogP contribution in [0.1, 0.15) is 34.3 Å². The minimum Gasteiger partial charge on any atom is -0.491 e. The number of hydrogen-bond donors (Lipinski definition) is 0. The molecule has 1 fully saturated rings. The van der Waals surface area contributed by atoms with Crippen molar-refractivity contribution in [3.8, 4) is 35.1 Å². The Morgan fingerprint density at radius 2 is 1.90 bits per heavy atom. The SMILES string of the molecule is C#CC1(c2cccc(N3Cc4cc(-c5cnc(OC)c(OC)c5)ccc4C3=O)c2)CC1. The topological polar surface area (TPSA) is 51.7 Å². The van der Waals surface area contributed by atoms with Gasteiger partial charge in [-0.2, -0.15) is 0 Å². The van der Waals surface area contributed by atoms with Crippen molar-refractivity contribution in [1.82, 2.24) is 4.98 Å². The van der Waals surface area contributed by atoms with Gasteiger partial charge in [0.25, 0.3) is 11.8 Å². The van der Waals surface area contributed by atoms with E-state index in [-0.39, 0.29) is 11.3 Å². The molecule has 0 bridgehead atoms. The molecule has 0 radical (unpaired) electrons. The monoisotopic (exact) mass is 410 g/mol. The maximum Gasteiger partial charge on any atom is 0.258 e. The molecule has 2 aliphatic rings. The van der Waals surface area contributed by atoms with E-state index in [4.69, 9.17) is 15.9 Å². The second kappa shape index (κ2) is 7.17. The van der Waals surface area contributed by atoms with Gasteiger partial charge >= 0.3 is 0 Å².